The van der Waals surface area contributed by atoms with E-state index in [0.29, 0.717) is 16.1 Å². The average molecular weight is 548 g/mol. The number of carboxylic acids is 1. The van der Waals surface area contributed by atoms with Crippen LogP contribution in [0.15, 0.2) is 60.7 Å². The number of alkyl carbamates (subject to hydrolysis) is 1. The van der Waals surface area contributed by atoms with Gasteiger partial charge in [0.05, 0.1) is 5.69 Å². The van der Waals surface area contributed by atoms with Crippen molar-refractivity contribution in [1.82, 2.24) is 15.3 Å². The molecule has 202 valence electrons. The molecule has 1 amide bonds. The van der Waals surface area contributed by atoms with Gasteiger partial charge in [-0.05, 0) is 81.8 Å². The first-order valence-electron chi connectivity index (χ1n) is 12.9. The fourth-order valence-corrected chi connectivity index (χ4v) is 5.64. The predicted molar refractivity (Wildman–Crippen MR) is 148 cm³/mol. The Morgan fingerprint density at radius 2 is 1.85 bits per heavy atom. The fraction of sp³-hybridized carbons (Fsp3) is 0.333. The highest BCUT2D eigenvalue weighted by atomic mass is 32.1. The van der Waals surface area contributed by atoms with Crippen molar-refractivity contribution in [2.75, 3.05) is 0 Å². The summed E-state index contributed by atoms with van der Waals surface area (Å²) in [6.07, 6.45) is 1.64. The van der Waals surface area contributed by atoms with Gasteiger partial charge in [0, 0.05) is 11.0 Å². The third kappa shape index (κ3) is 5.93. The molecule has 5 rings (SSSR count). The number of aliphatic carboxylic acids is 1. The Labute approximate surface area is 230 Å². The van der Waals surface area contributed by atoms with Gasteiger partial charge in [0.15, 0.2) is 0 Å². The maximum atomic E-state index is 15.2. The molecular formula is C30H30FN3O4S. The lowest BCUT2D eigenvalue weighted by Gasteiger charge is -2.22. The summed E-state index contributed by atoms with van der Waals surface area (Å²) in [4.78, 5) is 33.9. The summed E-state index contributed by atoms with van der Waals surface area (Å²) in [5.74, 6) is -1.62. The van der Waals surface area contributed by atoms with E-state index in [0.717, 1.165) is 28.9 Å². The first-order chi connectivity index (χ1) is 18.5. The van der Waals surface area contributed by atoms with Gasteiger partial charge in [-0.3, -0.25) is 0 Å². The van der Waals surface area contributed by atoms with E-state index in [1.807, 2.05) is 30.3 Å². The number of halogens is 1. The van der Waals surface area contributed by atoms with Crippen molar-refractivity contribution in [2.24, 2.45) is 0 Å². The molecule has 39 heavy (non-hydrogen) atoms. The highest BCUT2D eigenvalue weighted by molar-refractivity contribution is 7.21. The molecule has 1 atom stereocenters. The molecule has 2 aromatic heterocycles. The summed E-state index contributed by atoms with van der Waals surface area (Å²) in [6, 6.07) is 18.0. The third-order valence-electron chi connectivity index (χ3n) is 6.80. The van der Waals surface area contributed by atoms with Crippen molar-refractivity contribution in [3.8, 4) is 10.6 Å². The SMILES string of the molecule is CC(C)(C)OC(=O)N[C@H](CCc1ccc(-c2nc3ccc(C4(c5ccccc5)CC4)nc3s2)c(F)c1)C(=O)O. The van der Waals surface area contributed by atoms with Crippen molar-refractivity contribution < 1.29 is 23.8 Å². The number of thiazole rings is 1. The fourth-order valence-electron chi connectivity index (χ4n) is 4.68. The van der Waals surface area contributed by atoms with Gasteiger partial charge in [0.1, 0.15) is 32.8 Å². The number of carbonyl (C=O) groups excluding carboxylic acids is 1. The third-order valence-corrected chi connectivity index (χ3v) is 7.80. The minimum Gasteiger partial charge on any atom is -0.480 e. The van der Waals surface area contributed by atoms with E-state index in [1.54, 1.807) is 32.9 Å². The van der Waals surface area contributed by atoms with Crippen LogP contribution in [-0.2, 0) is 21.4 Å². The summed E-state index contributed by atoms with van der Waals surface area (Å²) in [7, 11) is 0. The van der Waals surface area contributed by atoms with E-state index in [2.05, 4.69) is 22.4 Å². The molecule has 0 saturated heterocycles. The summed E-state index contributed by atoms with van der Waals surface area (Å²) >= 11 is 1.36. The van der Waals surface area contributed by atoms with E-state index in [1.165, 1.54) is 23.0 Å². The van der Waals surface area contributed by atoms with Crippen molar-refractivity contribution in [2.45, 2.75) is 63.5 Å². The molecule has 0 radical (unpaired) electrons. The molecule has 1 aliphatic carbocycles. The number of benzene rings is 2. The molecule has 0 aliphatic heterocycles. The normalized spacial score (nSPS) is 15.1. The quantitative estimate of drug-likeness (QED) is 0.262. The molecule has 1 aliphatic rings. The lowest BCUT2D eigenvalue weighted by atomic mass is 9.92. The van der Waals surface area contributed by atoms with Crippen LogP contribution < -0.4 is 5.32 Å². The maximum absolute atomic E-state index is 15.2. The molecule has 9 heteroatoms. The molecule has 2 heterocycles. The van der Waals surface area contributed by atoms with Crippen LogP contribution >= 0.6 is 11.3 Å². The number of nitrogens with one attached hydrogen (secondary N) is 1. The number of ether oxygens (including phenoxy) is 1. The number of hydrogen-bond acceptors (Lipinski definition) is 6. The van der Waals surface area contributed by atoms with Gasteiger partial charge in [-0.1, -0.05) is 47.7 Å². The summed E-state index contributed by atoms with van der Waals surface area (Å²) in [5, 5.41) is 12.4. The summed E-state index contributed by atoms with van der Waals surface area (Å²) in [5.41, 5.74) is 3.19. The topological polar surface area (TPSA) is 101 Å². The van der Waals surface area contributed by atoms with E-state index in [-0.39, 0.29) is 18.3 Å². The number of hydrogen-bond donors (Lipinski definition) is 2. The Bertz CT molecular complexity index is 1530. The maximum Gasteiger partial charge on any atom is 0.408 e. The number of nitrogens with zero attached hydrogens (tertiary/aromatic N) is 2. The first-order valence-corrected chi connectivity index (χ1v) is 13.7. The lowest BCUT2D eigenvalue weighted by Crippen LogP contribution is -2.43. The van der Waals surface area contributed by atoms with Crippen LogP contribution in [0.2, 0.25) is 0 Å². The number of carbonyl (C=O) groups is 2. The predicted octanol–water partition coefficient (Wildman–Crippen LogP) is 6.49. The standard InChI is InChI=1S/C30H30FN3O4S/c1-29(2,3)38-28(37)33-23(27(35)36)12-10-18-9-11-20(21(31)17-18)25-32-22-13-14-24(34-26(22)39-25)30(15-16-30)19-7-5-4-6-8-19/h4-9,11,13-14,17,23H,10,12,15-16H2,1-3H3,(H,33,37)(H,35,36)/t23-/m1/s1. The summed E-state index contributed by atoms with van der Waals surface area (Å²) in [6.45, 7) is 5.09. The van der Waals surface area contributed by atoms with Crippen LogP contribution in [0.4, 0.5) is 9.18 Å². The van der Waals surface area contributed by atoms with Crippen molar-refractivity contribution in [3.63, 3.8) is 0 Å². The van der Waals surface area contributed by atoms with Crippen LogP contribution in [0.1, 0.15) is 56.9 Å². The van der Waals surface area contributed by atoms with Gasteiger partial charge in [0.25, 0.3) is 0 Å². The largest absolute Gasteiger partial charge is 0.480 e. The molecule has 4 aromatic rings. The van der Waals surface area contributed by atoms with E-state index in [4.69, 9.17) is 9.72 Å². The zero-order chi connectivity index (χ0) is 27.8. The number of amides is 1. The Balaban J connectivity index is 1.30. The molecule has 7 nitrogen and oxygen atoms in total. The lowest BCUT2D eigenvalue weighted by molar-refractivity contribution is -0.139. The van der Waals surface area contributed by atoms with Crippen molar-refractivity contribution in [3.05, 3.63) is 83.3 Å². The molecule has 1 fully saturated rings. The van der Waals surface area contributed by atoms with Crippen LogP contribution in [0, 0.1) is 5.82 Å². The second-order valence-electron chi connectivity index (χ2n) is 10.9. The van der Waals surface area contributed by atoms with E-state index in [9.17, 15) is 14.7 Å². The zero-order valence-corrected chi connectivity index (χ0v) is 22.8. The molecular weight excluding hydrogens is 517 g/mol. The van der Waals surface area contributed by atoms with Gasteiger partial charge in [0.2, 0.25) is 0 Å². The Kier molecular flexibility index (Phi) is 7.11. The van der Waals surface area contributed by atoms with E-state index >= 15 is 4.39 Å². The average Bonchev–Trinajstić information content (AvgIpc) is 3.58. The Hall–Kier alpha value is -3.85. The van der Waals surface area contributed by atoms with Crippen LogP contribution in [0.3, 0.4) is 0 Å². The molecule has 0 unspecified atom stereocenters. The van der Waals surface area contributed by atoms with Crippen LogP contribution in [-0.4, -0.2) is 38.8 Å². The smallest absolute Gasteiger partial charge is 0.408 e. The minimum absolute atomic E-state index is 0.0569. The number of fused-ring (bicyclic) bond motifs is 1. The Morgan fingerprint density at radius 3 is 2.49 bits per heavy atom. The minimum atomic E-state index is -1.18. The molecule has 0 spiro atoms. The van der Waals surface area contributed by atoms with Crippen LogP contribution in [0.5, 0.6) is 0 Å². The molecule has 1 saturated carbocycles. The highest BCUT2D eigenvalue weighted by Gasteiger charge is 2.47. The zero-order valence-electron chi connectivity index (χ0n) is 22.0. The number of rotatable bonds is 8. The second-order valence-corrected chi connectivity index (χ2v) is 11.9. The molecule has 0 bridgehead atoms. The number of carboxylic acid groups (broad SMARTS) is 1. The number of pyridine rings is 1. The Morgan fingerprint density at radius 1 is 1.10 bits per heavy atom. The monoisotopic (exact) mass is 547 g/mol. The molecule has 2 N–H and O–H groups in total. The van der Waals surface area contributed by atoms with E-state index < -0.39 is 29.5 Å². The van der Waals surface area contributed by atoms with Gasteiger partial charge in [-0.2, -0.15) is 0 Å². The van der Waals surface area contributed by atoms with Crippen molar-refractivity contribution in [1.29, 1.82) is 0 Å². The van der Waals surface area contributed by atoms with Crippen molar-refractivity contribution >= 4 is 33.7 Å². The number of aromatic nitrogens is 2. The highest BCUT2D eigenvalue weighted by Crippen LogP contribution is 2.53. The van der Waals surface area contributed by atoms with Gasteiger partial charge < -0.3 is 15.2 Å². The summed E-state index contributed by atoms with van der Waals surface area (Å²) < 4.78 is 20.3. The van der Waals surface area contributed by atoms with Crippen LogP contribution in [0.25, 0.3) is 20.9 Å². The molecule has 2 aromatic carbocycles. The number of aryl methyl sites for hydroxylation is 1. The first kappa shape index (κ1) is 26.7. The second kappa shape index (κ2) is 10.4. The van der Waals surface area contributed by atoms with Gasteiger partial charge in [-0.15, -0.1) is 0 Å². The van der Waals surface area contributed by atoms with Gasteiger partial charge >= 0.3 is 12.1 Å². The van der Waals surface area contributed by atoms with Gasteiger partial charge in [-0.25, -0.2) is 23.9 Å².